The fourth-order valence-electron chi connectivity index (χ4n) is 2.63. The number of rotatable bonds is 1. The number of hydrogen-bond acceptors (Lipinski definition) is 2. The molecular weight excluding hydrogens is 288 g/mol. The Balaban J connectivity index is 0.000000151. The number of non-ortho nitro benzene ring substituents is 1. The van der Waals surface area contributed by atoms with Crippen LogP contribution in [-0.2, 0) is 0 Å². The lowest BCUT2D eigenvalue weighted by Gasteiger charge is -1.95. The maximum Gasteiger partial charge on any atom is 0.269 e. The van der Waals surface area contributed by atoms with E-state index < -0.39 is 4.92 Å². The molecule has 0 spiro atoms. The number of nitro groups is 1. The second-order valence-corrected chi connectivity index (χ2v) is 5.26. The van der Waals surface area contributed by atoms with Crippen molar-refractivity contribution in [1.29, 1.82) is 0 Å². The van der Waals surface area contributed by atoms with Crippen molar-refractivity contribution in [1.82, 2.24) is 4.98 Å². The summed E-state index contributed by atoms with van der Waals surface area (Å²) in [5.74, 6) is 0. The van der Waals surface area contributed by atoms with Gasteiger partial charge in [0.15, 0.2) is 0 Å². The van der Waals surface area contributed by atoms with Crippen LogP contribution in [0.2, 0.25) is 0 Å². The number of para-hydroxylation sites is 2. The summed E-state index contributed by atoms with van der Waals surface area (Å²) in [5.41, 5.74) is 3.92. The van der Waals surface area contributed by atoms with Crippen molar-refractivity contribution >= 4 is 27.5 Å². The van der Waals surface area contributed by atoms with Gasteiger partial charge >= 0.3 is 0 Å². The van der Waals surface area contributed by atoms with Gasteiger partial charge in [-0.2, -0.15) is 0 Å². The van der Waals surface area contributed by atoms with Crippen LogP contribution in [-0.4, -0.2) is 9.91 Å². The number of benzene rings is 3. The summed E-state index contributed by atoms with van der Waals surface area (Å²) in [6.07, 6.45) is 0. The van der Waals surface area contributed by atoms with Crippen molar-refractivity contribution in [3.8, 4) is 0 Å². The molecule has 4 rings (SSSR count). The number of hydrogen-bond donors (Lipinski definition) is 1. The van der Waals surface area contributed by atoms with Gasteiger partial charge in [-0.1, -0.05) is 48.5 Å². The highest BCUT2D eigenvalue weighted by atomic mass is 16.6. The lowest BCUT2D eigenvalue weighted by molar-refractivity contribution is -0.384. The number of H-pyrrole nitrogens is 1. The van der Waals surface area contributed by atoms with Crippen LogP contribution in [0, 0.1) is 17.0 Å². The monoisotopic (exact) mass is 304 g/mol. The molecular formula is C19H16N2O2. The molecule has 23 heavy (non-hydrogen) atoms. The molecule has 0 amide bonds. The van der Waals surface area contributed by atoms with Crippen LogP contribution >= 0.6 is 0 Å². The Kier molecular flexibility index (Phi) is 4.06. The van der Waals surface area contributed by atoms with Crippen molar-refractivity contribution in [3.63, 3.8) is 0 Å². The quantitative estimate of drug-likeness (QED) is 0.387. The molecule has 3 aromatic carbocycles. The Hall–Kier alpha value is -3.14. The summed E-state index contributed by atoms with van der Waals surface area (Å²) in [7, 11) is 0. The molecule has 1 aromatic heterocycles. The fourth-order valence-corrected chi connectivity index (χ4v) is 2.63. The van der Waals surface area contributed by atoms with Gasteiger partial charge in [0.1, 0.15) is 0 Å². The van der Waals surface area contributed by atoms with Crippen LogP contribution in [0.4, 0.5) is 5.69 Å². The molecule has 0 saturated heterocycles. The van der Waals surface area contributed by atoms with E-state index in [0.717, 1.165) is 0 Å². The first-order valence-corrected chi connectivity index (χ1v) is 7.32. The number of nitrogens with one attached hydrogen (secondary N) is 1. The standard InChI is InChI=1S/C13H11N.C6H5NO2/c1-9-5-4-8-12-13(9)10-6-2-3-7-11(10)14-12;8-7(9)6-4-2-1-3-5-6/h2-8,14H,1H3;1-5H. The van der Waals surface area contributed by atoms with E-state index >= 15 is 0 Å². The molecule has 4 aromatic rings. The molecule has 0 aliphatic rings. The number of nitro benzene ring substituents is 1. The number of aryl methyl sites for hydroxylation is 1. The molecule has 0 bridgehead atoms. The van der Waals surface area contributed by atoms with E-state index in [2.05, 4.69) is 54.4 Å². The second kappa shape index (κ2) is 6.32. The second-order valence-electron chi connectivity index (χ2n) is 5.26. The third-order valence-corrected chi connectivity index (χ3v) is 3.71. The summed E-state index contributed by atoms with van der Waals surface area (Å²) < 4.78 is 0. The van der Waals surface area contributed by atoms with E-state index in [1.54, 1.807) is 18.2 Å². The average molecular weight is 304 g/mol. The zero-order valence-electron chi connectivity index (χ0n) is 12.7. The molecule has 0 saturated carbocycles. The first kappa shape index (κ1) is 14.8. The number of nitrogens with zero attached hydrogens (tertiary/aromatic N) is 1. The summed E-state index contributed by atoms with van der Waals surface area (Å²) in [5, 5.41) is 12.7. The Morgan fingerprint density at radius 1 is 0.826 bits per heavy atom. The van der Waals surface area contributed by atoms with Gasteiger partial charge < -0.3 is 4.98 Å². The predicted molar refractivity (Wildman–Crippen MR) is 93.6 cm³/mol. The first-order chi connectivity index (χ1) is 11.2. The van der Waals surface area contributed by atoms with E-state index in [4.69, 9.17) is 0 Å². The zero-order valence-corrected chi connectivity index (χ0v) is 12.7. The van der Waals surface area contributed by atoms with Gasteiger partial charge in [0.2, 0.25) is 0 Å². The minimum Gasteiger partial charge on any atom is -0.355 e. The SMILES string of the molecule is Cc1cccc2[nH]c3ccccc3c12.O=[N+]([O-])c1ccccc1. The van der Waals surface area contributed by atoms with Crippen LogP contribution in [0.15, 0.2) is 72.8 Å². The molecule has 1 heterocycles. The van der Waals surface area contributed by atoms with Gasteiger partial charge in [-0.3, -0.25) is 10.1 Å². The van der Waals surface area contributed by atoms with Crippen LogP contribution in [0.1, 0.15) is 5.56 Å². The van der Waals surface area contributed by atoms with Gasteiger partial charge in [0.25, 0.3) is 5.69 Å². The van der Waals surface area contributed by atoms with E-state index in [1.165, 1.54) is 39.5 Å². The van der Waals surface area contributed by atoms with Gasteiger partial charge in [-0.25, -0.2) is 0 Å². The topological polar surface area (TPSA) is 58.9 Å². The molecule has 0 atom stereocenters. The molecule has 4 nitrogen and oxygen atoms in total. The number of aromatic nitrogens is 1. The molecule has 4 heteroatoms. The number of fused-ring (bicyclic) bond motifs is 3. The van der Waals surface area contributed by atoms with Crippen molar-refractivity contribution in [2.45, 2.75) is 6.92 Å². The van der Waals surface area contributed by atoms with Crippen molar-refractivity contribution in [3.05, 3.63) is 88.5 Å². The van der Waals surface area contributed by atoms with E-state index in [9.17, 15) is 10.1 Å². The smallest absolute Gasteiger partial charge is 0.269 e. The van der Waals surface area contributed by atoms with Gasteiger partial charge in [0, 0.05) is 33.9 Å². The summed E-state index contributed by atoms with van der Waals surface area (Å²) >= 11 is 0. The van der Waals surface area contributed by atoms with Gasteiger partial charge in [0.05, 0.1) is 4.92 Å². The molecule has 0 unspecified atom stereocenters. The highest BCUT2D eigenvalue weighted by Crippen LogP contribution is 2.27. The largest absolute Gasteiger partial charge is 0.355 e. The zero-order chi connectivity index (χ0) is 16.2. The Bertz CT molecular complexity index is 959. The van der Waals surface area contributed by atoms with E-state index in [0.29, 0.717) is 0 Å². The van der Waals surface area contributed by atoms with Crippen molar-refractivity contribution in [2.24, 2.45) is 0 Å². The van der Waals surface area contributed by atoms with E-state index in [-0.39, 0.29) is 5.69 Å². The Morgan fingerprint density at radius 3 is 2.17 bits per heavy atom. The third-order valence-electron chi connectivity index (χ3n) is 3.71. The van der Waals surface area contributed by atoms with Gasteiger partial charge in [-0.15, -0.1) is 0 Å². The van der Waals surface area contributed by atoms with Gasteiger partial charge in [-0.05, 0) is 24.6 Å². The molecule has 0 aliphatic heterocycles. The highest BCUT2D eigenvalue weighted by Gasteiger charge is 2.04. The van der Waals surface area contributed by atoms with Crippen molar-refractivity contribution < 1.29 is 4.92 Å². The van der Waals surface area contributed by atoms with Crippen molar-refractivity contribution in [2.75, 3.05) is 0 Å². The fraction of sp³-hybridized carbons (Fsp3) is 0.0526. The molecule has 1 N–H and O–H groups in total. The minimum atomic E-state index is -0.417. The summed E-state index contributed by atoms with van der Waals surface area (Å²) in [6.45, 7) is 2.16. The van der Waals surface area contributed by atoms with Crippen LogP contribution in [0.5, 0.6) is 0 Å². The molecule has 114 valence electrons. The highest BCUT2D eigenvalue weighted by molar-refractivity contribution is 6.08. The maximum absolute atomic E-state index is 10.0. The molecule has 0 aliphatic carbocycles. The predicted octanol–water partition coefficient (Wildman–Crippen LogP) is 5.22. The van der Waals surface area contributed by atoms with Crippen LogP contribution in [0.3, 0.4) is 0 Å². The molecule has 0 radical (unpaired) electrons. The average Bonchev–Trinajstić information content (AvgIpc) is 2.96. The van der Waals surface area contributed by atoms with E-state index in [1.807, 2.05) is 0 Å². The number of aromatic amines is 1. The molecule has 0 fully saturated rings. The van der Waals surface area contributed by atoms with Crippen LogP contribution < -0.4 is 0 Å². The maximum atomic E-state index is 10.0. The normalized spacial score (nSPS) is 10.3. The lowest BCUT2D eigenvalue weighted by atomic mass is 10.1. The van der Waals surface area contributed by atoms with Crippen LogP contribution in [0.25, 0.3) is 21.8 Å². The first-order valence-electron chi connectivity index (χ1n) is 7.32. The third kappa shape index (κ3) is 3.06. The minimum absolute atomic E-state index is 0.137. The summed E-state index contributed by atoms with van der Waals surface area (Å²) in [4.78, 5) is 13.0. The summed E-state index contributed by atoms with van der Waals surface area (Å²) in [6, 6.07) is 22.7. The Morgan fingerprint density at radius 2 is 1.48 bits per heavy atom. The Labute approximate surface area is 133 Å². The lowest BCUT2D eigenvalue weighted by Crippen LogP contribution is -1.84.